The Morgan fingerprint density at radius 3 is 2.45 bits per heavy atom. The largest absolute Gasteiger partial charge is 0.413 e. The number of rotatable bonds is 5. The van der Waals surface area contributed by atoms with Gasteiger partial charge in [0.2, 0.25) is 11.3 Å². The van der Waals surface area contributed by atoms with Crippen molar-refractivity contribution in [2.75, 3.05) is 31.1 Å². The summed E-state index contributed by atoms with van der Waals surface area (Å²) in [4.78, 5) is 41.0. The number of nitrogens with zero attached hydrogens (tertiary/aromatic N) is 3. The van der Waals surface area contributed by atoms with E-state index < -0.39 is 17.3 Å². The van der Waals surface area contributed by atoms with Gasteiger partial charge < -0.3 is 24.4 Å². The number of benzene rings is 2. The van der Waals surface area contributed by atoms with Gasteiger partial charge >= 0.3 is 6.09 Å². The number of amides is 2. The van der Waals surface area contributed by atoms with E-state index in [0.717, 1.165) is 18.9 Å². The monoisotopic (exact) mass is 580 g/mol. The van der Waals surface area contributed by atoms with Crippen LogP contribution in [0.4, 0.5) is 14.9 Å². The molecule has 1 N–H and O–H groups in total. The van der Waals surface area contributed by atoms with Gasteiger partial charge in [0.15, 0.2) is 5.75 Å². The average Bonchev–Trinajstić information content (AvgIpc) is 3.71. The zero-order valence-electron chi connectivity index (χ0n) is 20.4. The summed E-state index contributed by atoms with van der Waals surface area (Å²) in [5, 5.41) is 3.55. The Labute approximate surface area is 232 Å². The van der Waals surface area contributed by atoms with Gasteiger partial charge in [-0.1, -0.05) is 40.9 Å². The fourth-order valence-corrected chi connectivity index (χ4v) is 5.51. The molecule has 1 aromatic heterocycles. The van der Waals surface area contributed by atoms with Crippen molar-refractivity contribution in [3.05, 3.63) is 67.1 Å². The van der Waals surface area contributed by atoms with Crippen molar-refractivity contribution < 1.29 is 18.7 Å². The Morgan fingerprint density at radius 1 is 1.11 bits per heavy atom. The number of nitrogens with one attached hydrogen (secondary N) is 1. The zero-order chi connectivity index (χ0) is 27.1. The van der Waals surface area contributed by atoms with Crippen molar-refractivity contribution in [2.24, 2.45) is 0 Å². The predicted octanol–water partition coefficient (Wildman–Crippen LogP) is 5.39. The van der Waals surface area contributed by atoms with Crippen molar-refractivity contribution >= 4 is 63.4 Å². The molecule has 1 aliphatic heterocycles. The van der Waals surface area contributed by atoms with Gasteiger partial charge in [-0.05, 0) is 36.6 Å². The molecule has 1 saturated heterocycles. The second kappa shape index (κ2) is 10.6. The summed E-state index contributed by atoms with van der Waals surface area (Å²) in [6.45, 7) is 3.27. The maximum atomic E-state index is 15.4. The highest BCUT2D eigenvalue weighted by atomic mass is 35.5. The lowest BCUT2D eigenvalue weighted by molar-refractivity contribution is -0.129. The lowest BCUT2D eigenvalue weighted by Crippen LogP contribution is -2.48. The first-order chi connectivity index (χ1) is 18.1. The SMILES string of the molecule is CC(=O)N1CCN(c2c(F)cc3c(=O)c(OC(=O)NCc4ccc(Cl)cc4Cl)cn(C4CC4)c3c2Cl)CC1. The molecule has 12 heteroatoms. The van der Waals surface area contributed by atoms with Gasteiger partial charge in [-0.3, -0.25) is 9.59 Å². The molecular formula is C26H24Cl3FN4O4. The highest BCUT2D eigenvalue weighted by Crippen LogP contribution is 2.42. The molecule has 0 unspecified atom stereocenters. The minimum absolute atomic E-state index is 0.0246. The van der Waals surface area contributed by atoms with Crippen molar-refractivity contribution in [1.82, 2.24) is 14.8 Å². The van der Waals surface area contributed by atoms with Gasteiger partial charge in [-0.2, -0.15) is 0 Å². The highest BCUT2D eigenvalue weighted by molar-refractivity contribution is 6.38. The van der Waals surface area contributed by atoms with E-state index in [0.29, 0.717) is 47.3 Å². The van der Waals surface area contributed by atoms with Crippen LogP contribution in [0.1, 0.15) is 31.4 Å². The second-order valence-electron chi connectivity index (χ2n) is 9.35. The zero-order valence-corrected chi connectivity index (χ0v) is 22.7. The maximum absolute atomic E-state index is 15.4. The normalized spacial score (nSPS) is 15.6. The van der Waals surface area contributed by atoms with Crippen LogP contribution in [-0.4, -0.2) is 47.6 Å². The molecule has 0 bridgehead atoms. The summed E-state index contributed by atoms with van der Waals surface area (Å²) in [5.41, 5.74) is 0.561. The Kier molecular flexibility index (Phi) is 7.44. The summed E-state index contributed by atoms with van der Waals surface area (Å²) in [6, 6.07) is 6.06. The number of ether oxygens (including phenoxy) is 1. The predicted molar refractivity (Wildman–Crippen MR) is 145 cm³/mol. The number of fused-ring (bicyclic) bond motifs is 1. The molecular weight excluding hydrogens is 558 g/mol. The Hall–Kier alpha value is -3.01. The molecule has 38 heavy (non-hydrogen) atoms. The molecule has 3 aromatic rings. The molecule has 8 nitrogen and oxygen atoms in total. The first-order valence-corrected chi connectivity index (χ1v) is 13.2. The third kappa shape index (κ3) is 5.28. The Morgan fingerprint density at radius 2 is 1.82 bits per heavy atom. The molecule has 2 fully saturated rings. The molecule has 2 aliphatic rings. The average molecular weight is 582 g/mol. The first-order valence-electron chi connectivity index (χ1n) is 12.1. The first kappa shape index (κ1) is 26.6. The molecule has 2 heterocycles. The standard InChI is InChI=1S/C26H24Cl3FN4O4/c1-14(35)32-6-8-33(9-7-32)24-20(30)11-18-23(22(24)29)34(17-4-5-17)13-21(25(18)36)38-26(37)31-12-15-2-3-16(27)10-19(15)28/h2-3,10-11,13,17H,4-9,12H2,1H3,(H,31,37). The number of piperazine rings is 1. The van der Waals surface area contributed by atoms with Crippen molar-refractivity contribution in [1.29, 1.82) is 0 Å². The Bertz CT molecular complexity index is 1500. The van der Waals surface area contributed by atoms with E-state index in [-0.39, 0.29) is 40.3 Å². The molecule has 1 aliphatic carbocycles. The molecule has 200 valence electrons. The third-order valence-corrected chi connectivity index (χ3v) is 7.72. The number of pyridine rings is 1. The number of carbonyl (C=O) groups excluding carboxylic acids is 2. The van der Waals surface area contributed by atoms with E-state index in [1.165, 1.54) is 13.1 Å². The smallest absolute Gasteiger partial charge is 0.405 e. The van der Waals surface area contributed by atoms with E-state index in [2.05, 4.69) is 5.32 Å². The van der Waals surface area contributed by atoms with E-state index in [1.807, 2.05) is 0 Å². The fourth-order valence-electron chi connectivity index (χ4n) is 4.62. The minimum atomic E-state index is -0.860. The van der Waals surface area contributed by atoms with Crippen LogP contribution in [0.15, 0.2) is 35.3 Å². The van der Waals surface area contributed by atoms with Crippen molar-refractivity contribution in [3.63, 3.8) is 0 Å². The lowest BCUT2D eigenvalue weighted by atomic mass is 10.1. The quantitative estimate of drug-likeness (QED) is 0.437. The topological polar surface area (TPSA) is 83.9 Å². The molecule has 0 atom stereocenters. The van der Waals surface area contributed by atoms with E-state index in [1.54, 1.807) is 32.6 Å². The number of carbonyl (C=O) groups is 2. The molecule has 0 spiro atoms. The molecule has 5 rings (SSSR count). The van der Waals surface area contributed by atoms with Crippen LogP contribution >= 0.6 is 34.8 Å². The van der Waals surface area contributed by atoms with Crippen LogP contribution in [0.25, 0.3) is 10.9 Å². The van der Waals surface area contributed by atoms with Crippen molar-refractivity contribution in [3.8, 4) is 5.75 Å². The van der Waals surface area contributed by atoms with E-state index in [4.69, 9.17) is 39.5 Å². The summed E-state index contributed by atoms with van der Waals surface area (Å²) in [7, 11) is 0. The van der Waals surface area contributed by atoms with Crippen LogP contribution in [0, 0.1) is 5.82 Å². The van der Waals surface area contributed by atoms with Crippen LogP contribution in [0.2, 0.25) is 15.1 Å². The third-order valence-electron chi connectivity index (χ3n) is 6.77. The number of hydrogen-bond acceptors (Lipinski definition) is 5. The lowest BCUT2D eigenvalue weighted by Gasteiger charge is -2.36. The summed E-state index contributed by atoms with van der Waals surface area (Å²) in [6.07, 6.45) is 2.29. The van der Waals surface area contributed by atoms with Crippen LogP contribution < -0.4 is 20.4 Å². The van der Waals surface area contributed by atoms with Crippen LogP contribution in [-0.2, 0) is 11.3 Å². The number of aromatic nitrogens is 1. The van der Waals surface area contributed by atoms with Crippen LogP contribution in [0.5, 0.6) is 5.75 Å². The Balaban J connectivity index is 1.44. The number of hydrogen-bond donors (Lipinski definition) is 1. The van der Waals surface area contributed by atoms with Gasteiger partial charge in [0.1, 0.15) is 5.82 Å². The second-order valence-corrected chi connectivity index (χ2v) is 10.6. The van der Waals surface area contributed by atoms with Gasteiger partial charge in [-0.15, -0.1) is 0 Å². The maximum Gasteiger partial charge on any atom is 0.413 e. The fraction of sp³-hybridized carbons (Fsp3) is 0.346. The van der Waals surface area contributed by atoms with Crippen molar-refractivity contribution in [2.45, 2.75) is 32.4 Å². The minimum Gasteiger partial charge on any atom is -0.405 e. The molecule has 1 saturated carbocycles. The van der Waals surface area contributed by atoms with Gasteiger partial charge in [-0.25, -0.2) is 9.18 Å². The number of anilines is 1. The molecule has 2 amide bonds. The highest BCUT2D eigenvalue weighted by Gasteiger charge is 2.31. The molecule has 0 radical (unpaired) electrons. The van der Waals surface area contributed by atoms with E-state index >= 15 is 4.39 Å². The summed E-state index contributed by atoms with van der Waals surface area (Å²) < 4.78 is 22.6. The summed E-state index contributed by atoms with van der Waals surface area (Å²) in [5.74, 6) is -0.926. The van der Waals surface area contributed by atoms with E-state index in [9.17, 15) is 14.4 Å². The van der Waals surface area contributed by atoms with Gasteiger partial charge in [0, 0.05) is 55.7 Å². The van der Waals surface area contributed by atoms with Crippen LogP contribution in [0.3, 0.4) is 0 Å². The van der Waals surface area contributed by atoms with Gasteiger partial charge in [0.05, 0.1) is 27.8 Å². The summed E-state index contributed by atoms with van der Waals surface area (Å²) >= 11 is 18.8. The molecule has 2 aromatic carbocycles. The van der Waals surface area contributed by atoms with Gasteiger partial charge in [0.25, 0.3) is 0 Å². The number of halogens is 4.